The summed E-state index contributed by atoms with van der Waals surface area (Å²) in [5, 5.41) is 4.46. The highest BCUT2D eigenvalue weighted by Gasteiger charge is 2.31. The highest BCUT2D eigenvalue weighted by atomic mass is 19.1. The first-order valence-corrected chi connectivity index (χ1v) is 10.5. The van der Waals surface area contributed by atoms with E-state index >= 15 is 0 Å². The van der Waals surface area contributed by atoms with Crippen LogP contribution < -0.4 is 0 Å². The van der Waals surface area contributed by atoms with Gasteiger partial charge in [0, 0.05) is 50.1 Å². The molecule has 3 aromatic heterocycles. The van der Waals surface area contributed by atoms with Gasteiger partial charge in [-0.25, -0.2) is 4.39 Å². The van der Waals surface area contributed by atoms with Gasteiger partial charge in [-0.3, -0.25) is 14.5 Å². The molecular formula is C24H23FN4O2. The summed E-state index contributed by atoms with van der Waals surface area (Å²) in [7, 11) is 1.79. The molecule has 1 saturated heterocycles. The molecular weight excluding hydrogens is 395 g/mol. The van der Waals surface area contributed by atoms with Crippen molar-refractivity contribution < 1.29 is 13.6 Å². The molecule has 1 aliphatic rings. The number of likely N-dealkylation sites (tertiary alicyclic amines) is 1. The predicted octanol–water partition coefficient (Wildman–Crippen LogP) is 4.60. The highest BCUT2D eigenvalue weighted by molar-refractivity contribution is 5.99. The van der Waals surface area contributed by atoms with E-state index in [1.807, 2.05) is 29.3 Å². The summed E-state index contributed by atoms with van der Waals surface area (Å²) in [5.74, 6) is 0.425. The Balaban J connectivity index is 1.44. The number of amides is 1. The van der Waals surface area contributed by atoms with Gasteiger partial charge in [-0.15, -0.1) is 0 Å². The molecule has 1 aliphatic heterocycles. The van der Waals surface area contributed by atoms with Gasteiger partial charge < -0.3 is 9.32 Å². The number of halogens is 1. The molecule has 31 heavy (non-hydrogen) atoms. The van der Waals surface area contributed by atoms with Crippen LogP contribution in [0.3, 0.4) is 0 Å². The lowest BCUT2D eigenvalue weighted by Gasteiger charge is -2.35. The van der Waals surface area contributed by atoms with Crippen LogP contribution in [0.25, 0.3) is 22.2 Å². The number of aryl methyl sites for hydroxylation is 1. The summed E-state index contributed by atoms with van der Waals surface area (Å²) in [4.78, 5) is 19.8. The quantitative estimate of drug-likeness (QED) is 0.486. The molecule has 158 valence electrons. The number of rotatable bonds is 4. The minimum Gasteiger partial charge on any atom is -0.459 e. The second kappa shape index (κ2) is 7.98. The van der Waals surface area contributed by atoms with Crippen molar-refractivity contribution in [1.29, 1.82) is 0 Å². The van der Waals surface area contributed by atoms with E-state index < -0.39 is 0 Å². The molecule has 1 unspecified atom stereocenters. The fourth-order valence-electron chi connectivity index (χ4n) is 4.36. The zero-order valence-electron chi connectivity index (χ0n) is 17.3. The molecule has 4 heterocycles. The van der Waals surface area contributed by atoms with E-state index in [1.54, 1.807) is 30.1 Å². The monoisotopic (exact) mass is 418 g/mol. The van der Waals surface area contributed by atoms with Crippen molar-refractivity contribution in [2.75, 3.05) is 6.54 Å². The Hall–Kier alpha value is -3.48. The van der Waals surface area contributed by atoms with Crippen LogP contribution in [0.5, 0.6) is 0 Å². The number of fused-ring (bicyclic) bond motifs is 1. The Kier molecular flexibility index (Phi) is 5.02. The van der Waals surface area contributed by atoms with Crippen LogP contribution in [0.2, 0.25) is 0 Å². The first-order valence-electron chi connectivity index (χ1n) is 10.5. The van der Waals surface area contributed by atoms with Gasteiger partial charge in [0.25, 0.3) is 5.91 Å². The zero-order valence-corrected chi connectivity index (χ0v) is 17.3. The lowest BCUT2D eigenvalue weighted by molar-refractivity contribution is 0.0601. The predicted molar refractivity (Wildman–Crippen MR) is 115 cm³/mol. The molecule has 0 aliphatic carbocycles. The summed E-state index contributed by atoms with van der Waals surface area (Å²) in [6.45, 7) is 0.682. The Morgan fingerprint density at radius 3 is 2.87 bits per heavy atom. The second-order valence-corrected chi connectivity index (χ2v) is 8.02. The number of carbonyl (C=O) groups excluding carboxylic acids is 1. The van der Waals surface area contributed by atoms with Gasteiger partial charge in [0.2, 0.25) is 0 Å². The van der Waals surface area contributed by atoms with Crippen LogP contribution in [0.15, 0.2) is 59.3 Å². The lowest BCUT2D eigenvalue weighted by Crippen LogP contribution is -2.45. The Bertz CT molecular complexity index is 1200. The van der Waals surface area contributed by atoms with Gasteiger partial charge in [-0.1, -0.05) is 12.1 Å². The normalized spacial score (nSPS) is 16.7. The minimum atomic E-state index is -0.308. The van der Waals surface area contributed by atoms with Crippen LogP contribution in [0, 0.1) is 5.82 Å². The summed E-state index contributed by atoms with van der Waals surface area (Å²) in [5.41, 5.74) is 3.47. The molecule has 0 radical (unpaired) electrons. The smallest absolute Gasteiger partial charge is 0.275 e. The van der Waals surface area contributed by atoms with E-state index in [-0.39, 0.29) is 17.8 Å². The number of carbonyl (C=O) groups is 1. The summed E-state index contributed by atoms with van der Waals surface area (Å²) < 4.78 is 21.0. The van der Waals surface area contributed by atoms with Crippen LogP contribution >= 0.6 is 0 Å². The average molecular weight is 418 g/mol. The molecule has 5 rings (SSSR count). The standard InChI is InChI=1S/C24H23FN4O2/c1-28-15-20(16-7-9-17(25)10-8-16)23(27-28)24(30)29-12-3-2-5-18(29)13-19-14-21-22(31-19)6-4-11-26-21/h4,6-11,14-15,18H,2-3,5,12-13H2,1H3. The molecule has 0 spiro atoms. The Morgan fingerprint density at radius 1 is 1.23 bits per heavy atom. The molecule has 0 N–H and O–H groups in total. The van der Waals surface area contributed by atoms with Crippen LogP contribution in [-0.4, -0.2) is 38.2 Å². The summed E-state index contributed by atoms with van der Waals surface area (Å²) in [6, 6.07) is 11.9. The van der Waals surface area contributed by atoms with Gasteiger partial charge in [0.1, 0.15) is 17.1 Å². The van der Waals surface area contributed by atoms with E-state index in [1.165, 1.54) is 12.1 Å². The van der Waals surface area contributed by atoms with E-state index in [0.717, 1.165) is 41.7 Å². The third kappa shape index (κ3) is 3.83. The first kappa shape index (κ1) is 19.5. The summed E-state index contributed by atoms with van der Waals surface area (Å²) >= 11 is 0. The maximum absolute atomic E-state index is 13.6. The van der Waals surface area contributed by atoms with E-state index in [2.05, 4.69) is 10.1 Å². The highest BCUT2D eigenvalue weighted by Crippen LogP contribution is 2.29. The fraction of sp³-hybridized carbons (Fsp3) is 0.292. The van der Waals surface area contributed by atoms with Gasteiger partial charge in [-0.2, -0.15) is 5.10 Å². The molecule has 0 bridgehead atoms. The van der Waals surface area contributed by atoms with Crippen molar-refractivity contribution in [2.45, 2.75) is 31.7 Å². The Labute approximate surface area is 179 Å². The molecule has 1 aromatic carbocycles. The average Bonchev–Trinajstić information content (AvgIpc) is 3.37. The van der Waals surface area contributed by atoms with Crippen LogP contribution in [0.4, 0.5) is 4.39 Å². The van der Waals surface area contributed by atoms with Crippen molar-refractivity contribution in [2.24, 2.45) is 7.05 Å². The maximum Gasteiger partial charge on any atom is 0.275 e. The van der Waals surface area contributed by atoms with E-state index in [0.29, 0.717) is 24.2 Å². The summed E-state index contributed by atoms with van der Waals surface area (Å²) in [6.07, 6.45) is 7.14. The topological polar surface area (TPSA) is 64.2 Å². The molecule has 4 aromatic rings. The van der Waals surface area contributed by atoms with Crippen LogP contribution in [0.1, 0.15) is 35.5 Å². The van der Waals surface area contributed by atoms with Crippen molar-refractivity contribution >= 4 is 17.0 Å². The van der Waals surface area contributed by atoms with Gasteiger partial charge in [-0.05, 0) is 49.1 Å². The number of benzene rings is 1. The third-order valence-corrected chi connectivity index (χ3v) is 5.85. The molecule has 1 amide bonds. The van der Waals surface area contributed by atoms with Gasteiger partial charge in [0.15, 0.2) is 11.3 Å². The van der Waals surface area contributed by atoms with E-state index in [4.69, 9.17) is 4.42 Å². The number of aromatic nitrogens is 3. The van der Waals surface area contributed by atoms with Gasteiger partial charge in [0.05, 0.1) is 0 Å². The Morgan fingerprint density at radius 2 is 2.06 bits per heavy atom. The van der Waals surface area contributed by atoms with Crippen molar-refractivity contribution in [3.05, 3.63) is 72.1 Å². The fourth-order valence-corrected chi connectivity index (χ4v) is 4.36. The number of hydrogen-bond acceptors (Lipinski definition) is 4. The first-order chi connectivity index (χ1) is 15.1. The molecule has 1 atom stereocenters. The number of pyridine rings is 1. The number of furan rings is 1. The van der Waals surface area contributed by atoms with Crippen molar-refractivity contribution in [3.63, 3.8) is 0 Å². The number of nitrogens with zero attached hydrogens (tertiary/aromatic N) is 4. The molecule has 0 saturated carbocycles. The van der Waals surface area contributed by atoms with Crippen molar-refractivity contribution in [3.8, 4) is 11.1 Å². The maximum atomic E-state index is 13.6. The van der Waals surface area contributed by atoms with Gasteiger partial charge >= 0.3 is 0 Å². The number of hydrogen-bond donors (Lipinski definition) is 0. The minimum absolute atomic E-state index is 0.0323. The number of piperidine rings is 1. The molecule has 7 heteroatoms. The second-order valence-electron chi connectivity index (χ2n) is 8.02. The zero-order chi connectivity index (χ0) is 21.4. The molecule has 6 nitrogen and oxygen atoms in total. The SMILES string of the molecule is Cn1cc(-c2ccc(F)cc2)c(C(=O)N2CCCCC2Cc2cc3ncccc3o2)n1. The third-order valence-electron chi connectivity index (χ3n) is 5.85. The van der Waals surface area contributed by atoms with Crippen molar-refractivity contribution in [1.82, 2.24) is 19.7 Å². The van der Waals surface area contributed by atoms with E-state index in [9.17, 15) is 9.18 Å². The van der Waals surface area contributed by atoms with Crippen LogP contribution in [-0.2, 0) is 13.5 Å². The molecule has 1 fully saturated rings. The largest absolute Gasteiger partial charge is 0.459 e. The lowest BCUT2D eigenvalue weighted by atomic mass is 9.97.